The summed E-state index contributed by atoms with van der Waals surface area (Å²) in [5, 5.41) is 9.10. The van der Waals surface area contributed by atoms with Gasteiger partial charge in [-0.2, -0.15) is 5.26 Å². The second-order valence-corrected chi connectivity index (χ2v) is 7.62. The minimum atomic E-state index is -0.360. The number of likely N-dealkylation sites (tertiary alicyclic amines) is 1. The Morgan fingerprint density at radius 2 is 1.79 bits per heavy atom. The van der Waals surface area contributed by atoms with Crippen LogP contribution in [0.4, 0.5) is 4.39 Å². The Bertz CT molecular complexity index is 869. The van der Waals surface area contributed by atoms with Crippen molar-refractivity contribution < 1.29 is 13.9 Å². The van der Waals surface area contributed by atoms with E-state index in [1.807, 2.05) is 17.0 Å². The Morgan fingerprint density at radius 1 is 1.11 bits per heavy atom. The lowest BCUT2D eigenvalue weighted by Crippen LogP contribution is -2.35. The van der Waals surface area contributed by atoms with Crippen molar-refractivity contribution in [2.75, 3.05) is 13.2 Å². The predicted octanol–water partition coefficient (Wildman–Crippen LogP) is 4.53. The van der Waals surface area contributed by atoms with Crippen LogP contribution in [0.1, 0.15) is 54.5 Å². The summed E-state index contributed by atoms with van der Waals surface area (Å²) in [6.07, 6.45) is 3.33. The molecular weight excluding hydrogens is 355 g/mol. The van der Waals surface area contributed by atoms with Gasteiger partial charge in [0.2, 0.25) is 5.91 Å². The number of hydrogen-bond donors (Lipinski definition) is 0. The van der Waals surface area contributed by atoms with Gasteiger partial charge in [-0.25, -0.2) is 4.39 Å². The van der Waals surface area contributed by atoms with Gasteiger partial charge in [-0.3, -0.25) is 4.79 Å². The van der Waals surface area contributed by atoms with E-state index < -0.39 is 0 Å². The Labute approximate surface area is 164 Å². The minimum absolute atomic E-state index is 0.1000. The molecule has 2 aliphatic rings. The molecule has 1 saturated carbocycles. The lowest BCUT2D eigenvalue weighted by atomic mass is 9.93. The summed E-state index contributed by atoms with van der Waals surface area (Å²) in [4.78, 5) is 14.5. The van der Waals surface area contributed by atoms with Crippen molar-refractivity contribution in [2.24, 2.45) is 5.92 Å². The fourth-order valence-electron chi connectivity index (χ4n) is 3.78. The van der Waals surface area contributed by atoms with Crippen LogP contribution in [0.15, 0.2) is 48.5 Å². The number of ether oxygens (including phenoxy) is 1. The van der Waals surface area contributed by atoms with Gasteiger partial charge in [0, 0.05) is 13.0 Å². The molecule has 0 radical (unpaired) electrons. The first-order valence-electron chi connectivity index (χ1n) is 9.82. The van der Waals surface area contributed by atoms with Crippen LogP contribution in [0, 0.1) is 23.1 Å². The molecule has 0 unspecified atom stereocenters. The fraction of sp³-hybridized carbons (Fsp3) is 0.391. The Balaban J connectivity index is 1.73. The average Bonchev–Trinajstić information content (AvgIpc) is 3.46. The van der Waals surface area contributed by atoms with Crippen molar-refractivity contribution >= 4 is 5.91 Å². The van der Waals surface area contributed by atoms with E-state index in [2.05, 4.69) is 6.07 Å². The van der Waals surface area contributed by atoms with Crippen LogP contribution in [0.2, 0.25) is 0 Å². The summed E-state index contributed by atoms with van der Waals surface area (Å²) in [7, 11) is 0. The van der Waals surface area contributed by atoms with Crippen LogP contribution in [0.3, 0.4) is 0 Å². The maximum atomic E-state index is 13.5. The second-order valence-electron chi connectivity index (χ2n) is 7.62. The lowest BCUT2D eigenvalue weighted by Gasteiger charge is -2.35. The maximum absolute atomic E-state index is 13.5. The molecule has 0 spiro atoms. The van der Waals surface area contributed by atoms with Gasteiger partial charge in [-0.05, 0) is 60.6 Å². The monoisotopic (exact) mass is 378 g/mol. The van der Waals surface area contributed by atoms with Crippen LogP contribution < -0.4 is 0 Å². The van der Waals surface area contributed by atoms with Crippen LogP contribution in [0.5, 0.6) is 0 Å². The number of benzene rings is 2. The summed E-state index contributed by atoms with van der Waals surface area (Å²) < 4.78 is 19.9. The summed E-state index contributed by atoms with van der Waals surface area (Å²) in [6.45, 7) is 1.31. The molecule has 0 N–H and O–H groups in total. The van der Waals surface area contributed by atoms with Crippen LogP contribution in [-0.2, 0) is 9.53 Å². The summed E-state index contributed by atoms with van der Waals surface area (Å²) in [5.41, 5.74) is 2.37. The first-order chi connectivity index (χ1) is 13.7. The highest BCUT2D eigenvalue weighted by Crippen LogP contribution is 2.41. The number of nitrogens with zero attached hydrogens (tertiary/aromatic N) is 2. The highest BCUT2D eigenvalue weighted by Gasteiger charge is 2.37. The van der Waals surface area contributed by atoms with Crippen LogP contribution in [-0.4, -0.2) is 24.0 Å². The zero-order chi connectivity index (χ0) is 19.5. The van der Waals surface area contributed by atoms with Gasteiger partial charge in [-0.1, -0.05) is 24.3 Å². The van der Waals surface area contributed by atoms with E-state index in [-0.39, 0.29) is 23.9 Å². The standard InChI is InChI=1S/C23H23FN2O2/c24-20-11-9-18(10-12-20)22(26-13-1-2-21(26)27)23(28-15-17-3-4-17)19-7-5-16(14-25)6-8-19/h5-12,17,22-23H,1-4,13,15H2/t22-,23+/m0/s1. The fourth-order valence-corrected chi connectivity index (χ4v) is 3.78. The molecule has 1 amide bonds. The molecule has 1 heterocycles. The number of carbonyl (C=O) groups excluding carboxylic acids is 1. The molecule has 1 saturated heterocycles. The highest BCUT2D eigenvalue weighted by molar-refractivity contribution is 5.78. The summed E-state index contributed by atoms with van der Waals surface area (Å²) in [5.74, 6) is 0.371. The molecule has 2 aromatic rings. The number of carbonyl (C=O) groups is 1. The van der Waals surface area contributed by atoms with E-state index in [1.54, 1.807) is 24.3 Å². The summed E-state index contributed by atoms with van der Waals surface area (Å²) in [6, 6.07) is 15.5. The number of halogens is 1. The average molecular weight is 378 g/mol. The molecule has 0 bridgehead atoms. The SMILES string of the molecule is N#Cc1ccc([C@@H](OCC2CC2)[C@H](c2ccc(F)cc2)N2CCCC2=O)cc1. The predicted molar refractivity (Wildman–Crippen MR) is 103 cm³/mol. The third kappa shape index (κ3) is 4.07. The molecular formula is C23H23FN2O2. The van der Waals surface area contributed by atoms with Gasteiger partial charge in [0.05, 0.1) is 24.3 Å². The van der Waals surface area contributed by atoms with Gasteiger partial charge in [-0.15, -0.1) is 0 Å². The van der Waals surface area contributed by atoms with Crippen molar-refractivity contribution in [1.82, 2.24) is 4.90 Å². The topological polar surface area (TPSA) is 53.3 Å². The molecule has 0 aromatic heterocycles. The second kappa shape index (κ2) is 8.12. The first kappa shape index (κ1) is 18.6. The lowest BCUT2D eigenvalue weighted by molar-refractivity contribution is -0.133. The van der Waals surface area contributed by atoms with Gasteiger partial charge in [0.15, 0.2) is 0 Å². The van der Waals surface area contributed by atoms with Crippen molar-refractivity contribution in [2.45, 2.75) is 37.8 Å². The number of nitriles is 1. The molecule has 2 fully saturated rings. The summed E-state index contributed by atoms with van der Waals surface area (Å²) >= 11 is 0. The van der Waals surface area contributed by atoms with E-state index in [9.17, 15) is 9.18 Å². The van der Waals surface area contributed by atoms with Crippen LogP contribution >= 0.6 is 0 Å². The molecule has 1 aliphatic carbocycles. The van der Waals surface area contributed by atoms with Crippen LogP contribution in [0.25, 0.3) is 0 Å². The molecule has 4 nitrogen and oxygen atoms in total. The molecule has 2 atom stereocenters. The zero-order valence-corrected chi connectivity index (χ0v) is 15.7. The molecule has 28 heavy (non-hydrogen) atoms. The van der Waals surface area contributed by atoms with Crippen molar-refractivity contribution in [3.8, 4) is 6.07 Å². The molecule has 2 aromatic carbocycles. The zero-order valence-electron chi connectivity index (χ0n) is 15.7. The molecule has 1 aliphatic heterocycles. The smallest absolute Gasteiger partial charge is 0.223 e. The van der Waals surface area contributed by atoms with E-state index >= 15 is 0 Å². The number of hydrogen-bond acceptors (Lipinski definition) is 3. The van der Waals surface area contributed by atoms with E-state index in [1.165, 1.54) is 25.0 Å². The van der Waals surface area contributed by atoms with Gasteiger partial charge >= 0.3 is 0 Å². The van der Waals surface area contributed by atoms with Gasteiger partial charge in [0.1, 0.15) is 11.9 Å². The van der Waals surface area contributed by atoms with E-state index in [0.29, 0.717) is 31.1 Å². The minimum Gasteiger partial charge on any atom is -0.371 e. The third-order valence-corrected chi connectivity index (χ3v) is 5.52. The third-order valence-electron chi connectivity index (χ3n) is 5.52. The highest BCUT2D eigenvalue weighted by atomic mass is 19.1. The molecule has 5 heteroatoms. The maximum Gasteiger partial charge on any atom is 0.223 e. The Morgan fingerprint density at radius 3 is 2.36 bits per heavy atom. The van der Waals surface area contributed by atoms with Gasteiger partial charge < -0.3 is 9.64 Å². The van der Waals surface area contributed by atoms with Gasteiger partial charge in [0.25, 0.3) is 0 Å². The normalized spacial score (nSPS) is 18.7. The Hall–Kier alpha value is -2.71. The number of amides is 1. The molecule has 144 valence electrons. The molecule has 4 rings (SSSR count). The van der Waals surface area contributed by atoms with E-state index in [4.69, 9.17) is 10.00 Å². The number of rotatable bonds is 7. The quantitative estimate of drug-likeness (QED) is 0.711. The largest absolute Gasteiger partial charge is 0.371 e. The van der Waals surface area contributed by atoms with Crippen molar-refractivity contribution in [3.63, 3.8) is 0 Å². The Kier molecular flexibility index (Phi) is 5.40. The first-order valence-corrected chi connectivity index (χ1v) is 9.82. The van der Waals surface area contributed by atoms with Crippen molar-refractivity contribution in [1.29, 1.82) is 5.26 Å². The van der Waals surface area contributed by atoms with E-state index in [0.717, 1.165) is 17.5 Å². The van der Waals surface area contributed by atoms with Crippen molar-refractivity contribution in [3.05, 3.63) is 71.0 Å².